The topological polar surface area (TPSA) is 116 Å². The van der Waals surface area contributed by atoms with Gasteiger partial charge in [-0.3, -0.25) is 4.79 Å². The number of aromatic nitrogens is 5. The minimum atomic E-state index is -0.236. The van der Waals surface area contributed by atoms with Crippen LogP contribution in [0, 0.1) is 0 Å². The van der Waals surface area contributed by atoms with Gasteiger partial charge in [0.15, 0.2) is 11.4 Å². The highest BCUT2D eigenvalue weighted by Gasteiger charge is 2.12. The molecule has 32 heavy (non-hydrogen) atoms. The molecule has 10 nitrogen and oxygen atoms in total. The first-order valence-corrected chi connectivity index (χ1v) is 9.96. The van der Waals surface area contributed by atoms with Gasteiger partial charge in [0, 0.05) is 29.6 Å². The third-order valence-corrected chi connectivity index (χ3v) is 4.54. The predicted octanol–water partition coefficient (Wildman–Crippen LogP) is 3.09. The molecular weight excluding hydrogens is 410 g/mol. The fourth-order valence-corrected chi connectivity index (χ4v) is 3.08. The molecule has 1 amide bonds. The Morgan fingerprint density at radius 1 is 1.06 bits per heavy atom. The molecule has 0 aliphatic heterocycles. The van der Waals surface area contributed by atoms with Crippen molar-refractivity contribution < 1.29 is 14.3 Å². The number of rotatable bonds is 7. The Bertz CT molecular complexity index is 1270. The molecule has 4 heterocycles. The first-order valence-electron chi connectivity index (χ1n) is 9.96. The van der Waals surface area contributed by atoms with Gasteiger partial charge in [-0.25, -0.2) is 14.5 Å². The summed E-state index contributed by atoms with van der Waals surface area (Å²) in [7, 11) is 3.11. The second-order valence-electron chi connectivity index (χ2n) is 7.25. The van der Waals surface area contributed by atoms with Crippen LogP contribution in [0.4, 0.5) is 11.8 Å². The van der Waals surface area contributed by atoms with Gasteiger partial charge < -0.3 is 20.1 Å². The van der Waals surface area contributed by atoms with Crippen LogP contribution in [0.15, 0.2) is 48.8 Å². The van der Waals surface area contributed by atoms with Gasteiger partial charge in [0.2, 0.25) is 5.95 Å². The largest absolute Gasteiger partial charge is 0.491 e. The Labute approximate surface area is 184 Å². The summed E-state index contributed by atoms with van der Waals surface area (Å²) in [5.41, 5.74) is 2.70. The van der Waals surface area contributed by atoms with Gasteiger partial charge in [0.05, 0.1) is 14.2 Å². The lowest BCUT2D eigenvalue weighted by atomic mass is 10.1. The van der Waals surface area contributed by atoms with Crippen LogP contribution >= 0.6 is 0 Å². The maximum absolute atomic E-state index is 12.2. The molecule has 0 aliphatic rings. The number of amides is 1. The number of nitrogens with zero attached hydrogens (tertiary/aromatic N) is 5. The predicted molar refractivity (Wildman–Crippen MR) is 119 cm³/mol. The summed E-state index contributed by atoms with van der Waals surface area (Å²) in [6.07, 6.45) is 3.55. The fourth-order valence-electron chi connectivity index (χ4n) is 3.08. The zero-order valence-electron chi connectivity index (χ0n) is 18.2. The zero-order valence-corrected chi connectivity index (χ0v) is 18.2. The fraction of sp³-hybridized carbons (Fsp3) is 0.227. The Hall–Kier alpha value is -4.21. The van der Waals surface area contributed by atoms with E-state index in [0.717, 1.165) is 11.1 Å². The molecule has 4 rings (SSSR count). The quantitative estimate of drug-likeness (QED) is 0.457. The molecule has 0 saturated carbocycles. The summed E-state index contributed by atoms with van der Waals surface area (Å²) >= 11 is 0. The highest BCUT2D eigenvalue weighted by molar-refractivity contribution is 5.92. The van der Waals surface area contributed by atoms with E-state index in [2.05, 4.69) is 30.7 Å². The summed E-state index contributed by atoms with van der Waals surface area (Å²) in [4.78, 5) is 25.3. The normalized spacial score (nSPS) is 10.9. The highest BCUT2D eigenvalue weighted by Crippen LogP contribution is 2.30. The number of carbonyl (C=O) groups is 1. The van der Waals surface area contributed by atoms with Crippen LogP contribution in [0.2, 0.25) is 0 Å². The van der Waals surface area contributed by atoms with Crippen LogP contribution < -0.4 is 20.1 Å². The van der Waals surface area contributed by atoms with Gasteiger partial charge in [0.1, 0.15) is 11.5 Å². The number of methoxy groups -OCH3 is 2. The third kappa shape index (κ3) is 4.43. The summed E-state index contributed by atoms with van der Waals surface area (Å²) in [6.45, 7) is 3.79. The molecule has 4 aromatic heterocycles. The molecule has 0 fully saturated rings. The van der Waals surface area contributed by atoms with Crippen molar-refractivity contribution in [2.24, 2.45) is 0 Å². The zero-order chi connectivity index (χ0) is 22.7. The Morgan fingerprint density at radius 3 is 2.66 bits per heavy atom. The van der Waals surface area contributed by atoms with Crippen molar-refractivity contribution >= 4 is 23.3 Å². The number of carbonyl (C=O) groups excluding carboxylic acids is 1. The van der Waals surface area contributed by atoms with Crippen LogP contribution in [-0.4, -0.2) is 50.7 Å². The van der Waals surface area contributed by atoms with Crippen molar-refractivity contribution in [1.82, 2.24) is 29.9 Å². The molecule has 164 valence electrons. The Kier molecular flexibility index (Phi) is 5.84. The molecule has 10 heteroatoms. The minimum absolute atomic E-state index is 0.0242. The molecule has 0 bridgehead atoms. The molecule has 0 aromatic carbocycles. The van der Waals surface area contributed by atoms with Gasteiger partial charge in [0.25, 0.3) is 11.8 Å². The molecular formula is C22H23N7O3. The number of hydrogen-bond donors (Lipinski definition) is 2. The monoisotopic (exact) mass is 433 g/mol. The molecule has 0 spiro atoms. The summed E-state index contributed by atoms with van der Waals surface area (Å²) in [5, 5.41) is 10.3. The van der Waals surface area contributed by atoms with Crippen molar-refractivity contribution in [3.63, 3.8) is 0 Å². The number of hydrogen-bond acceptors (Lipinski definition) is 8. The first kappa shape index (κ1) is 21.0. The summed E-state index contributed by atoms with van der Waals surface area (Å²) in [6, 6.07) is 10.8. The van der Waals surface area contributed by atoms with Crippen molar-refractivity contribution in [3.8, 4) is 22.8 Å². The lowest BCUT2D eigenvalue weighted by molar-refractivity contribution is 0.0938. The average Bonchev–Trinajstić information content (AvgIpc) is 3.19. The summed E-state index contributed by atoms with van der Waals surface area (Å²) < 4.78 is 12.2. The average molecular weight is 433 g/mol. The van der Waals surface area contributed by atoms with E-state index in [1.807, 2.05) is 38.2 Å². The first-order chi connectivity index (χ1) is 15.5. The Balaban J connectivity index is 1.58. The highest BCUT2D eigenvalue weighted by atomic mass is 16.5. The van der Waals surface area contributed by atoms with E-state index < -0.39 is 0 Å². The van der Waals surface area contributed by atoms with E-state index in [4.69, 9.17) is 9.47 Å². The van der Waals surface area contributed by atoms with E-state index in [-0.39, 0.29) is 11.9 Å². The molecule has 0 unspecified atom stereocenters. The van der Waals surface area contributed by atoms with Gasteiger partial charge in [-0.05, 0) is 44.2 Å². The van der Waals surface area contributed by atoms with Crippen LogP contribution in [0.25, 0.3) is 16.8 Å². The maximum atomic E-state index is 12.2. The van der Waals surface area contributed by atoms with Crippen LogP contribution in [-0.2, 0) is 0 Å². The van der Waals surface area contributed by atoms with Crippen molar-refractivity contribution in [2.45, 2.75) is 19.9 Å². The van der Waals surface area contributed by atoms with Gasteiger partial charge in [-0.1, -0.05) is 6.07 Å². The molecule has 0 radical (unpaired) electrons. The van der Waals surface area contributed by atoms with E-state index in [1.165, 1.54) is 0 Å². The molecule has 0 aliphatic carbocycles. The Morgan fingerprint density at radius 2 is 1.91 bits per heavy atom. The SMILES string of the molecule is COc1cc(-c2ccc3nc(Nc4cccc(C(=O)NC(C)C)n4)nn3c2)cnc1OC. The van der Waals surface area contributed by atoms with E-state index in [9.17, 15) is 4.79 Å². The van der Waals surface area contributed by atoms with E-state index >= 15 is 0 Å². The van der Waals surface area contributed by atoms with E-state index in [1.54, 1.807) is 43.1 Å². The second-order valence-corrected chi connectivity index (χ2v) is 7.25. The van der Waals surface area contributed by atoms with E-state index in [0.29, 0.717) is 34.7 Å². The lowest BCUT2D eigenvalue weighted by Gasteiger charge is -2.08. The molecule has 0 atom stereocenters. The van der Waals surface area contributed by atoms with Crippen molar-refractivity contribution in [1.29, 1.82) is 0 Å². The molecule has 0 saturated heterocycles. The molecule has 2 N–H and O–H groups in total. The van der Waals surface area contributed by atoms with Crippen molar-refractivity contribution in [2.75, 3.05) is 19.5 Å². The van der Waals surface area contributed by atoms with Crippen molar-refractivity contribution in [3.05, 3.63) is 54.5 Å². The number of fused-ring (bicyclic) bond motifs is 1. The maximum Gasteiger partial charge on any atom is 0.270 e. The smallest absolute Gasteiger partial charge is 0.270 e. The van der Waals surface area contributed by atoms with Gasteiger partial charge in [-0.2, -0.15) is 4.98 Å². The molecule has 4 aromatic rings. The van der Waals surface area contributed by atoms with Gasteiger partial charge >= 0.3 is 0 Å². The van der Waals surface area contributed by atoms with Crippen LogP contribution in [0.5, 0.6) is 11.6 Å². The number of pyridine rings is 3. The van der Waals surface area contributed by atoms with Crippen LogP contribution in [0.1, 0.15) is 24.3 Å². The lowest BCUT2D eigenvalue weighted by Crippen LogP contribution is -2.30. The number of nitrogens with one attached hydrogen (secondary N) is 2. The standard InChI is InChI=1S/C22H23N7O3/c1-13(2)24-20(30)16-6-5-7-18(25-16)26-22-27-19-9-8-14(12-29(19)28-22)15-10-17(31-3)21(32-4)23-11-15/h5-13H,1-4H3,(H,24,30)(H,25,26,28). The summed E-state index contributed by atoms with van der Waals surface area (Å²) in [5.74, 6) is 1.56. The van der Waals surface area contributed by atoms with Crippen LogP contribution in [0.3, 0.4) is 0 Å². The third-order valence-electron chi connectivity index (χ3n) is 4.54. The number of ether oxygens (including phenoxy) is 2. The second kappa shape index (κ2) is 8.88. The number of anilines is 2. The minimum Gasteiger partial charge on any atom is -0.491 e. The van der Waals surface area contributed by atoms with Gasteiger partial charge in [-0.15, -0.1) is 5.10 Å².